The molecule has 1 N–H and O–H groups in total. The molecule has 0 aliphatic carbocycles. The molecule has 1 aromatic heterocycles. The fourth-order valence-electron chi connectivity index (χ4n) is 1.76. The summed E-state index contributed by atoms with van der Waals surface area (Å²) in [5.74, 6) is -2.61. The molecule has 2 rings (SSSR count). The molecule has 0 saturated heterocycles. The molecule has 0 aliphatic rings. The van der Waals surface area contributed by atoms with Crippen molar-refractivity contribution in [1.82, 2.24) is 10.1 Å². The van der Waals surface area contributed by atoms with E-state index in [2.05, 4.69) is 10.1 Å². The SMILES string of the molecule is CC(CC(=O)O)Cc1nc(-c2ccc(F)c(F)c2)no1. The van der Waals surface area contributed by atoms with Crippen LogP contribution in [0.2, 0.25) is 0 Å². The average Bonchev–Trinajstić information content (AvgIpc) is 2.80. The number of nitrogens with zero attached hydrogens (tertiary/aromatic N) is 2. The van der Waals surface area contributed by atoms with Gasteiger partial charge >= 0.3 is 5.97 Å². The van der Waals surface area contributed by atoms with E-state index in [-0.39, 0.29) is 24.1 Å². The van der Waals surface area contributed by atoms with Crippen molar-refractivity contribution in [3.8, 4) is 11.4 Å². The Balaban J connectivity index is 2.12. The van der Waals surface area contributed by atoms with Crippen LogP contribution in [0.3, 0.4) is 0 Å². The van der Waals surface area contributed by atoms with E-state index in [4.69, 9.17) is 9.63 Å². The first kappa shape index (κ1) is 14.1. The Kier molecular flexibility index (Phi) is 4.07. The molecule has 5 nitrogen and oxygen atoms in total. The Labute approximate surface area is 113 Å². The van der Waals surface area contributed by atoms with Crippen LogP contribution in [0.15, 0.2) is 22.7 Å². The van der Waals surface area contributed by atoms with Crippen LogP contribution in [-0.4, -0.2) is 21.2 Å². The third-order valence-electron chi connectivity index (χ3n) is 2.69. The molecule has 0 spiro atoms. The van der Waals surface area contributed by atoms with Gasteiger partial charge in [-0.05, 0) is 24.1 Å². The number of benzene rings is 1. The van der Waals surface area contributed by atoms with Crippen LogP contribution in [0.25, 0.3) is 11.4 Å². The molecule has 1 heterocycles. The minimum absolute atomic E-state index is 0.0110. The number of carbonyl (C=O) groups is 1. The van der Waals surface area contributed by atoms with Gasteiger partial charge in [-0.25, -0.2) is 8.78 Å². The lowest BCUT2D eigenvalue weighted by Gasteiger charge is -2.03. The zero-order valence-electron chi connectivity index (χ0n) is 10.6. The molecule has 1 unspecified atom stereocenters. The van der Waals surface area contributed by atoms with Crippen molar-refractivity contribution in [3.63, 3.8) is 0 Å². The van der Waals surface area contributed by atoms with Gasteiger partial charge in [-0.2, -0.15) is 4.98 Å². The smallest absolute Gasteiger partial charge is 0.303 e. The van der Waals surface area contributed by atoms with E-state index in [9.17, 15) is 13.6 Å². The summed E-state index contributed by atoms with van der Waals surface area (Å²) in [6, 6.07) is 3.30. The van der Waals surface area contributed by atoms with Crippen molar-refractivity contribution in [3.05, 3.63) is 35.7 Å². The molecular weight excluding hydrogens is 270 g/mol. The summed E-state index contributed by atoms with van der Waals surface area (Å²) >= 11 is 0. The van der Waals surface area contributed by atoms with E-state index in [0.29, 0.717) is 12.0 Å². The second-order valence-electron chi connectivity index (χ2n) is 4.55. The fraction of sp³-hybridized carbons (Fsp3) is 0.308. The van der Waals surface area contributed by atoms with Crippen molar-refractivity contribution in [2.75, 3.05) is 0 Å². The largest absolute Gasteiger partial charge is 0.481 e. The second-order valence-corrected chi connectivity index (χ2v) is 4.55. The first-order chi connectivity index (χ1) is 9.45. The summed E-state index contributed by atoms with van der Waals surface area (Å²) in [6.07, 6.45) is 0.297. The number of rotatable bonds is 5. The third-order valence-corrected chi connectivity index (χ3v) is 2.69. The maximum atomic E-state index is 13.1. The molecule has 2 aromatic rings. The zero-order valence-corrected chi connectivity index (χ0v) is 10.6. The van der Waals surface area contributed by atoms with Gasteiger partial charge in [-0.1, -0.05) is 12.1 Å². The normalized spacial score (nSPS) is 12.3. The number of carboxylic acid groups (broad SMARTS) is 1. The second kappa shape index (κ2) is 5.77. The van der Waals surface area contributed by atoms with Crippen LogP contribution in [-0.2, 0) is 11.2 Å². The predicted molar refractivity (Wildman–Crippen MR) is 64.8 cm³/mol. The van der Waals surface area contributed by atoms with Crippen LogP contribution in [0, 0.1) is 17.6 Å². The molecule has 1 aromatic carbocycles. The van der Waals surface area contributed by atoms with Crippen LogP contribution >= 0.6 is 0 Å². The highest BCUT2D eigenvalue weighted by molar-refractivity contribution is 5.67. The maximum absolute atomic E-state index is 13.1. The highest BCUT2D eigenvalue weighted by atomic mass is 19.2. The number of aliphatic carboxylic acids is 1. The summed E-state index contributed by atoms with van der Waals surface area (Å²) < 4.78 is 30.9. The Morgan fingerprint density at radius 3 is 2.80 bits per heavy atom. The van der Waals surface area contributed by atoms with E-state index in [0.717, 1.165) is 12.1 Å². The lowest BCUT2D eigenvalue weighted by atomic mass is 10.0. The molecule has 106 valence electrons. The minimum Gasteiger partial charge on any atom is -0.481 e. The summed E-state index contributed by atoms with van der Waals surface area (Å²) in [5, 5.41) is 12.3. The summed E-state index contributed by atoms with van der Waals surface area (Å²) in [4.78, 5) is 14.6. The van der Waals surface area contributed by atoms with Gasteiger partial charge < -0.3 is 9.63 Å². The van der Waals surface area contributed by atoms with Crippen LogP contribution < -0.4 is 0 Å². The highest BCUT2D eigenvalue weighted by Crippen LogP contribution is 2.20. The number of aromatic nitrogens is 2. The van der Waals surface area contributed by atoms with Crippen LogP contribution in [0.4, 0.5) is 8.78 Å². The van der Waals surface area contributed by atoms with Crippen LogP contribution in [0.1, 0.15) is 19.2 Å². The van der Waals surface area contributed by atoms with Crippen LogP contribution in [0.5, 0.6) is 0 Å². The number of carboxylic acids is 1. The van der Waals surface area contributed by atoms with Gasteiger partial charge in [0, 0.05) is 18.4 Å². The molecule has 7 heteroatoms. The van der Waals surface area contributed by atoms with E-state index in [1.54, 1.807) is 6.92 Å². The number of hydrogen-bond acceptors (Lipinski definition) is 4. The molecule has 20 heavy (non-hydrogen) atoms. The highest BCUT2D eigenvalue weighted by Gasteiger charge is 2.15. The molecule has 0 amide bonds. The van der Waals surface area contributed by atoms with Gasteiger partial charge in [-0.15, -0.1) is 0 Å². The molecule has 0 bridgehead atoms. The lowest BCUT2D eigenvalue weighted by molar-refractivity contribution is -0.137. The average molecular weight is 282 g/mol. The van der Waals surface area contributed by atoms with Gasteiger partial charge in [0.15, 0.2) is 11.6 Å². The summed E-state index contributed by atoms with van der Waals surface area (Å²) in [6.45, 7) is 1.75. The zero-order chi connectivity index (χ0) is 14.7. The molecule has 0 fully saturated rings. The van der Waals surface area contributed by atoms with Crippen molar-refractivity contribution in [2.24, 2.45) is 5.92 Å². The van der Waals surface area contributed by atoms with Gasteiger partial charge in [0.2, 0.25) is 11.7 Å². The van der Waals surface area contributed by atoms with E-state index in [1.165, 1.54) is 6.07 Å². The first-order valence-electron chi connectivity index (χ1n) is 5.95. The topological polar surface area (TPSA) is 76.2 Å². The Morgan fingerprint density at radius 2 is 2.15 bits per heavy atom. The Hall–Kier alpha value is -2.31. The molecule has 1 atom stereocenters. The first-order valence-corrected chi connectivity index (χ1v) is 5.95. The van der Waals surface area contributed by atoms with Gasteiger partial charge in [0.05, 0.1) is 0 Å². The lowest BCUT2D eigenvalue weighted by Crippen LogP contribution is -2.07. The van der Waals surface area contributed by atoms with Crippen molar-refractivity contribution >= 4 is 5.97 Å². The van der Waals surface area contributed by atoms with Crippen molar-refractivity contribution in [2.45, 2.75) is 19.8 Å². The molecule has 0 saturated carbocycles. The maximum Gasteiger partial charge on any atom is 0.303 e. The van der Waals surface area contributed by atoms with E-state index < -0.39 is 17.6 Å². The molecular formula is C13H12F2N2O3. The Bertz CT molecular complexity index is 628. The monoisotopic (exact) mass is 282 g/mol. The van der Waals surface area contributed by atoms with Crippen molar-refractivity contribution < 1.29 is 23.2 Å². The standard InChI is InChI=1S/C13H12F2N2O3/c1-7(5-12(18)19)4-11-16-13(17-20-11)8-2-3-9(14)10(15)6-8/h2-3,6-7H,4-5H2,1H3,(H,18,19). The van der Waals surface area contributed by atoms with E-state index in [1.807, 2.05) is 0 Å². The fourth-order valence-corrected chi connectivity index (χ4v) is 1.76. The van der Waals surface area contributed by atoms with Gasteiger partial charge in [0.25, 0.3) is 0 Å². The quantitative estimate of drug-likeness (QED) is 0.912. The van der Waals surface area contributed by atoms with Crippen molar-refractivity contribution in [1.29, 1.82) is 0 Å². The van der Waals surface area contributed by atoms with Gasteiger partial charge in [0.1, 0.15) is 0 Å². The third kappa shape index (κ3) is 3.37. The number of halogens is 2. The van der Waals surface area contributed by atoms with Gasteiger partial charge in [-0.3, -0.25) is 4.79 Å². The van der Waals surface area contributed by atoms with E-state index >= 15 is 0 Å². The summed E-state index contributed by atoms with van der Waals surface area (Å²) in [5.41, 5.74) is 0.296. The molecule has 0 radical (unpaired) electrons. The summed E-state index contributed by atoms with van der Waals surface area (Å²) in [7, 11) is 0. The number of hydrogen-bond donors (Lipinski definition) is 1. The minimum atomic E-state index is -0.993. The molecule has 0 aliphatic heterocycles. The Morgan fingerprint density at radius 1 is 1.40 bits per heavy atom. The predicted octanol–water partition coefficient (Wildman–Crippen LogP) is 2.67.